The number of benzene rings is 1. The Morgan fingerprint density at radius 1 is 1.19 bits per heavy atom. The first-order valence-corrected chi connectivity index (χ1v) is 7.24. The number of allylic oxidation sites excluding steroid dienone is 3. The second kappa shape index (κ2) is 6.61. The molecule has 21 heavy (non-hydrogen) atoms. The highest BCUT2D eigenvalue weighted by Gasteiger charge is 2.33. The smallest absolute Gasteiger partial charge is 0.314 e. The largest absolute Gasteiger partial charge is 0.497 e. The molecule has 1 aromatic rings. The lowest BCUT2D eigenvalue weighted by Gasteiger charge is -2.28. The quantitative estimate of drug-likeness (QED) is 0.788. The van der Waals surface area contributed by atoms with Crippen molar-refractivity contribution in [3.63, 3.8) is 0 Å². The van der Waals surface area contributed by atoms with Crippen molar-refractivity contribution < 1.29 is 14.3 Å². The summed E-state index contributed by atoms with van der Waals surface area (Å²) in [6.45, 7) is 6.28. The summed E-state index contributed by atoms with van der Waals surface area (Å²) < 4.78 is 10.5. The van der Waals surface area contributed by atoms with Gasteiger partial charge in [0.05, 0.1) is 19.6 Å². The fourth-order valence-electron chi connectivity index (χ4n) is 2.69. The van der Waals surface area contributed by atoms with Gasteiger partial charge < -0.3 is 9.47 Å². The van der Waals surface area contributed by atoms with E-state index < -0.39 is 0 Å². The molecular formula is C18H22O3. The minimum absolute atomic E-state index is 0.0126. The van der Waals surface area contributed by atoms with E-state index in [-0.39, 0.29) is 17.8 Å². The van der Waals surface area contributed by atoms with E-state index >= 15 is 0 Å². The third-order valence-corrected chi connectivity index (χ3v) is 4.04. The van der Waals surface area contributed by atoms with Crippen LogP contribution in [-0.4, -0.2) is 19.7 Å². The van der Waals surface area contributed by atoms with Crippen LogP contribution in [0, 0.1) is 5.92 Å². The Hall–Kier alpha value is -2.03. The number of ether oxygens (including phenoxy) is 2. The first kappa shape index (κ1) is 15.4. The number of esters is 1. The summed E-state index contributed by atoms with van der Waals surface area (Å²) in [7, 11) is 1.65. The third kappa shape index (κ3) is 3.18. The molecule has 1 aliphatic rings. The highest BCUT2D eigenvalue weighted by atomic mass is 16.5. The van der Waals surface area contributed by atoms with Crippen LogP contribution in [0.15, 0.2) is 47.6 Å². The maximum Gasteiger partial charge on any atom is 0.314 e. The van der Waals surface area contributed by atoms with E-state index in [1.54, 1.807) is 7.11 Å². The van der Waals surface area contributed by atoms with Crippen LogP contribution >= 0.6 is 0 Å². The van der Waals surface area contributed by atoms with Crippen LogP contribution in [0.3, 0.4) is 0 Å². The Bertz CT molecular complexity index is 567. The Balaban J connectivity index is 2.35. The van der Waals surface area contributed by atoms with Crippen LogP contribution in [0.2, 0.25) is 0 Å². The molecule has 0 heterocycles. The second-order valence-corrected chi connectivity index (χ2v) is 5.25. The highest BCUT2D eigenvalue weighted by Crippen LogP contribution is 2.38. The molecule has 0 aliphatic heterocycles. The van der Waals surface area contributed by atoms with Crippen molar-refractivity contribution in [2.75, 3.05) is 13.7 Å². The molecule has 3 heteroatoms. The number of methoxy groups -OCH3 is 1. The summed E-state index contributed by atoms with van der Waals surface area (Å²) in [6.07, 6.45) is 4.17. The van der Waals surface area contributed by atoms with Gasteiger partial charge in [-0.3, -0.25) is 4.79 Å². The Labute approximate surface area is 126 Å². The number of rotatable bonds is 4. The summed E-state index contributed by atoms with van der Waals surface area (Å²) in [6, 6.07) is 7.86. The van der Waals surface area contributed by atoms with Gasteiger partial charge in [-0.25, -0.2) is 0 Å². The molecule has 2 atom stereocenters. The molecule has 1 aliphatic carbocycles. The zero-order valence-electron chi connectivity index (χ0n) is 13.1. The van der Waals surface area contributed by atoms with Gasteiger partial charge in [0.2, 0.25) is 0 Å². The lowest BCUT2D eigenvalue weighted by molar-refractivity contribution is -0.147. The van der Waals surface area contributed by atoms with Gasteiger partial charge in [-0.15, -0.1) is 0 Å². The van der Waals surface area contributed by atoms with E-state index in [2.05, 4.69) is 12.2 Å². The average Bonchev–Trinajstić information content (AvgIpc) is 2.50. The summed E-state index contributed by atoms with van der Waals surface area (Å²) in [5.41, 5.74) is 3.31. The van der Waals surface area contributed by atoms with Crippen molar-refractivity contribution in [3.8, 4) is 5.75 Å². The van der Waals surface area contributed by atoms with Gasteiger partial charge in [0.25, 0.3) is 0 Å². The topological polar surface area (TPSA) is 35.5 Å². The van der Waals surface area contributed by atoms with E-state index in [9.17, 15) is 4.79 Å². The van der Waals surface area contributed by atoms with Crippen molar-refractivity contribution in [1.82, 2.24) is 0 Å². The van der Waals surface area contributed by atoms with E-state index in [1.165, 1.54) is 0 Å². The fourth-order valence-corrected chi connectivity index (χ4v) is 2.69. The molecule has 2 rings (SSSR count). The minimum atomic E-state index is -0.247. The molecule has 0 unspecified atom stereocenters. The Morgan fingerprint density at radius 3 is 2.43 bits per heavy atom. The summed E-state index contributed by atoms with van der Waals surface area (Å²) in [5.74, 6) is 0.427. The first-order valence-electron chi connectivity index (χ1n) is 7.24. The summed E-state index contributed by atoms with van der Waals surface area (Å²) in [5, 5.41) is 0. The molecule has 1 aromatic carbocycles. The van der Waals surface area contributed by atoms with Crippen molar-refractivity contribution in [3.05, 3.63) is 53.1 Å². The molecule has 0 aromatic heterocycles. The van der Waals surface area contributed by atoms with E-state index in [0.717, 1.165) is 22.5 Å². The molecule has 0 saturated heterocycles. The highest BCUT2D eigenvalue weighted by molar-refractivity contribution is 5.78. The van der Waals surface area contributed by atoms with Gasteiger partial charge in [0.1, 0.15) is 5.75 Å². The van der Waals surface area contributed by atoms with Crippen molar-refractivity contribution in [2.45, 2.75) is 26.7 Å². The molecule has 0 radical (unpaired) electrons. The molecule has 3 nitrogen and oxygen atoms in total. The molecule has 0 saturated carbocycles. The van der Waals surface area contributed by atoms with Crippen molar-refractivity contribution in [2.24, 2.45) is 5.92 Å². The summed E-state index contributed by atoms with van der Waals surface area (Å²) in [4.78, 5) is 12.3. The molecule has 0 N–H and O–H groups in total. The van der Waals surface area contributed by atoms with Crippen molar-refractivity contribution >= 4 is 5.97 Å². The normalized spacial score (nSPS) is 21.3. The second-order valence-electron chi connectivity index (χ2n) is 5.25. The van der Waals surface area contributed by atoms with E-state index in [4.69, 9.17) is 9.47 Å². The summed E-state index contributed by atoms with van der Waals surface area (Å²) >= 11 is 0. The van der Waals surface area contributed by atoms with Gasteiger partial charge in [-0.1, -0.05) is 35.4 Å². The molecule has 0 bridgehead atoms. The lowest BCUT2D eigenvalue weighted by atomic mass is 9.76. The van der Waals surface area contributed by atoms with Crippen molar-refractivity contribution in [1.29, 1.82) is 0 Å². The number of carbonyl (C=O) groups excluding carboxylic acids is 1. The van der Waals surface area contributed by atoms with Gasteiger partial charge in [0.15, 0.2) is 0 Å². The van der Waals surface area contributed by atoms with Crippen LogP contribution < -0.4 is 4.74 Å². The average molecular weight is 286 g/mol. The van der Waals surface area contributed by atoms with Gasteiger partial charge in [0, 0.05) is 5.92 Å². The molecule has 0 spiro atoms. The van der Waals surface area contributed by atoms with Gasteiger partial charge in [-0.2, -0.15) is 0 Å². The van der Waals surface area contributed by atoms with Gasteiger partial charge >= 0.3 is 5.97 Å². The van der Waals surface area contributed by atoms with E-state index in [0.29, 0.717) is 6.61 Å². The Kier molecular flexibility index (Phi) is 4.84. The first-order chi connectivity index (χ1) is 10.1. The fraction of sp³-hybridized carbons (Fsp3) is 0.389. The van der Waals surface area contributed by atoms with Crippen LogP contribution in [0.1, 0.15) is 32.3 Å². The number of carbonyl (C=O) groups is 1. The maximum atomic E-state index is 12.3. The zero-order valence-corrected chi connectivity index (χ0v) is 13.1. The maximum absolute atomic E-state index is 12.3. The molecular weight excluding hydrogens is 264 g/mol. The number of hydrogen-bond acceptors (Lipinski definition) is 3. The Morgan fingerprint density at radius 2 is 1.86 bits per heavy atom. The molecule has 0 amide bonds. The predicted octanol–water partition coefficient (Wildman–Crippen LogP) is 3.86. The molecule has 112 valence electrons. The number of hydrogen-bond donors (Lipinski definition) is 0. The van der Waals surface area contributed by atoms with Crippen LogP contribution in [0.25, 0.3) is 0 Å². The minimum Gasteiger partial charge on any atom is -0.497 e. The zero-order chi connectivity index (χ0) is 15.4. The van der Waals surface area contributed by atoms with E-state index in [1.807, 2.05) is 45.0 Å². The van der Waals surface area contributed by atoms with Crippen LogP contribution in [0.5, 0.6) is 5.75 Å². The monoisotopic (exact) mass is 286 g/mol. The molecule has 0 fully saturated rings. The lowest BCUT2D eigenvalue weighted by Crippen LogP contribution is -2.27. The van der Waals surface area contributed by atoms with Crippen LogP contribution in [-0.2, 0) is 9.53 Å². The SMILES string of the molecule is CCOC(=O)[C@@H]1C(C)=C(C)C=C[C@@H]1c1ccc(OC)cc1. The van der Waals surface area contributed by atoms with Gasteiger partial charge in [-0.05, 0) is 38.5 Å². The van der Waals surface area contributed by atoms with Crippen LogP contribution in [0.4, 0.5) is 0 Å². The standard InChI is InChI=1S/C18H22O3/c1-5-21-18(19)17-13(3)12(2)6-11-16(17)14-7-9-15(20-4)10-8-14/h6-11,16-17H,5H2,1-4H3/t16-,17-/m1/s1. The third-order valence-electron chi connectivity index (χ3n) is 4.04. The predicted molar refractivity (Wildman–Crippen MR) is 83.4 cm³/mol.